The Balaban J connectivity index is 1.68. The average molecular weight is 463 g/mol. The zero-order chi connectivity index (χ0) is 24.3. The van der Waals surface area contributed by atoms with Crippen LogP contribution in [0.3, 0.4) is 0 Å². The molecule has 12 nitrogen and oxygen atoms in total. The van der Waals surface area contributed by atoms with Crippen molar-refractivity contribution >= 4 is 17.6 Å². The minimum Gasteiger partial charge on any atom is -0.467 e. The number of nitro groups is 1. The van der Waals surface area contributed by atoms with Crippen molar-refractivity contribution in [1.82, 2.24) is 0 Å². The van der Waals surface area contributed by atoms with E-state index in [2.05, 4.69) is 4.74 Å². The summed E-state index contributed by atoms with van der Waals surface area (Å²) in [4.78, 5) is 34.4. The van der Waals surface area contributed by atoms with Crippen LogP contribution in [0.15, 0.2) is 48.5 Å². The number of benzene rings is 2. The van der Waals surface area contributed by atoms with Crippen LogP contribution in [0.2, 0.25) is 0 Å². The first kappa shape index (κ1) is 24.2. The lowest BCUT2D eigenvalue weighted by molar-refractivity contribution is -0.384. The fraction of sp³-hybridized carbons (Fsp3) is 0.333. The molecule has 3 rings (SSSR count). The highest BCUT2D eigenvalue weighted by atomic mass is 16.7. The van der Waals surface area contributed by atoms with Crippen LogP contribution < -0.4 is 0 Å². The zero-order valence-electron chi connectivity index (χ0n) is 17.2. The largest absolute Gasteiger partial charge is 0.467 e. The smallest absolute Gasteiger partial charge is 0.370 e. The van der Waals surface area contributed by atoms with Gasteiger partial charge in [-0.05, 0) is 28.8 Å². The van der Waals surface area contributed by atoms with Crippen molar-refractivity contribution in [3.8, 4) is 11.1 Å². The molecule has 0 unspecified atom stereocenters. The summed E-state index contributed by atoms with van der Waals surface area (Å²) in [5.41, 5.74) is 1.90. The summed E-state index contributed by atoms with van der Waals surface area (Å²) in [6.45, 7) is -0.362. The molecule has 0 aliphatic carbocycles. The number of hydrogen-bond acceptors (Lipinski definition) is 11. The Hall–Kier alpha value is -3.42. The number of aliphatic hydroxyl groups is 4. The van der Waals surface area contributed by atoms with Gasteiger partial charge in [0.2, 0.25) is 0 Å². The Labute approximate surface area is 186 Å². The molecule has 1 fully saturated rings. The van der Waals surface area contributed by atoms with E-state index >= 15 is 0 Å². The highest BCUT2D eigenvalue weighted by Gasteiger charge is 2.60. The zero-order valence-corrected chi connectivity index (χ0v) is 17.2. The first-order valence-corrected chi connectivity index (χ1v) is 9.61. The van der Waals surface area contributed by atoms with E-state index in [-0.39, 0.29) is 12.3 Å². The van der Waals surface area contributed by atoms with Crippen LogP contribution in [0.4, 0.5) is 5.69 Å². The number of nitro benzene ring substituents is 1. The van der Waals surface area contributed by atoms with E-state index in [1.54, 1.807) is 36.4 Å². The number of non-ortho nitro benzene ring substituents is 1. The number of rotatable bonds is 6. The van der Waals surface area contributed by atoms with Crippen molar-refractivity contribution < 1.29 is 49.1 Å². The Kier molecular flexibility index (Phi) is 7.05. The molecule has 0 radical (unpaired) electrons. The summed E-state index contributed by atoms with van der Waals surface area (Å²) >= 11 is 0. The summed E-state index contributed by atoms with van der Waals surface area (Å²) in [6, 6.07) is 12.5. The van der Waals surface area contributed by atoms with Gasteiger partial charge in [0, 0.05) is 12.1 Å². The van der Waals surface area contributed by atoms with Gasteiger partial charge < -0.3 is 34.6 Å². The van der Waals surface area contributed by atoms with Crippen molar-refractivity contribution in [3.63, 3.8) is 0 Å². The SMILES string of the molecule is COC(=O)[C@H]1O[C@](O)(C(=O)OCc2ccc(-c3ccc([N+](=O)[O-])cc3)cc2)[C@H](O)[C@@H](O)[C@@H]1O. The molecule has 1 heterocycles. The van der Waals surface area contributed by atoms with Gasteiger partial charge >= 0.3 is 11.9 Å². The molecule has 0 spiro atoms. The van der Waals surface area contributed by atoms with Gasteiger partial charge in [-0.15, -0.1) is 0 Å². The van der Waals surface area contributed by atoms with Crippen LogP contribution in [-0.2, 0) is 30.4 Å². The highest BCUT2D eigenvalue weighted by molar-refractivity contribution is 5.81. The molecule has 1 saturated heterocycles. The van der Waals surface area contributed by atoms with E-state index in [1.807, 2.05) is 0 Å². The van der Waals surface area contributed by atoms with Gasteiger partial charge in [0.15, 0.2) is 6.10 Å². The fourth-order valence-corrected chi connectivity index (χ4v) is 3.22. The van der Waals surface area contributed by atoms with Crippen LogP contribution in [0.1, 0.15) is 5.56 Å². The summed E-state index contributed by atoms with van der Waals surface area (Å²) in [5.74, 6) is -5.80. The van der Waals surface area contributed by atoms with Gasteiger partial charge in [0.05, 0.1) is 12.0 Å². The van der Waals surface area contributed by atoms with Crippen molar-refractivity contribution in [1.29, 1.82) is 0 Å². The van der Waals surface area contributed by atoms with Gasteiger partial charge in [0.25, 0.3) is 11.5 Å². The molecule has 1 aliphatic heterocycles. The molecular formula is C21H21NO11. The third-order valence-corrected chi connectivity index (χ3v) is 5.15. The maximum Gasteiger partial charge on any atom is 0.370 e. The number of nitrogens with zero attached hydrogens (tertiary/aromatic N) is 1. The number of methoxy groups -OCH3 is 1. The molecular weight excluding hydrogens is 442 g/mol. The Morgan fingerprint density at radius 1 is 1.03 bits per heavy atom. The first-order chi connectivity index (χ1) is 15.6. The lowest BCUT2D eigenvalue weighted by atomic mass is 9.92. The van der Waals surface area contributed by atoms with Crippen LogP contribution in [-0.4, -0.2) is 74.6 Å². The van der Waals surface area contributed by atoms with Gasteiger partial charge in [-0.2, -0.15) is 0 Å². The minimum atomic E-state index is -3.13. The molecule has 2 aromatic carbocycles. The van der Waals surface area contributed by atoms with Crippen LogP contribution in [0, 0.1) is 10.1 Å². The minimum absolute atomic E-state index is 0.0422. The van der Waals surface area contributed by atoms with Crippen molar-refractivity contribution in [3.05, 3.63) is 64.2 Å². The summed E-state index contributed by atoms with van der Waals surface area (Å²) in [7, 11) is 0.966. The second-order valence-electron chi connectivity index (χ2n) is 7.26. The molecule has 176 valence electrons. The number of carbonyl (C=O) groups excluding carboxylic acids is 2. The molecule has 33 heavy (non-hydrogen) atoms. The second-order valence-corrected chi connectivity index (χ2v) is 7.26. The third-order valence-electron chi connectivity index (χ3n) is 5.15. The fourth-order valence-electron chi connectivity index (χ4n) is 3.22. The lowest BCUT2D eigenvalue weighted by Gasteiger charge is -2.42. The summed E-state index contributed by atoms with van der Waals surface area (Å²) in [5, 5.41) is 51.0. The van der Waals surface area contributed by atoms with E-state index < -0.39 is 47.1 Å². The molecule has 0 saturated carbocycles. The topological polar surface area (TPSA) is 186 Å². The van der Waals surface area contributed by atoms with Crippen molar-refractivity contribution in [2.24, 2.45) is 0 Å². The van der Waals surface area contributed by atoms with Crippen LogP contribution in [0.5, 0.6) is 0 Å². The van der Waals surface area contributed by atoms with Gasteiger partial charge in [-0.3, -0.25) is 10.1 Å². The standard InChI is InChI=1S/C21H21NO11/c1-31-19(26)17-15(23)16(24)18(25)21(28,33-17)20(27)32-10-11-2-4-12(5-3-11)13-6-8-14(9-7-13)22(29)30/h2-9,15-18,23-25,28H,10H2,1H3/t15-,16-,17-,18+,21-/m0/s1. The average Bonchev–Trinajstić information content (AvgIpc) is 2.83. The van der Waals surface area contributed by atoms with Crippen molar-refractivity contribution in [2.45, 2.75) is 36.8 Å². The van der Waals surface area contributed by atoms with Crippen LogP contribution >= 0.6 is 0 Å². The molecule has 2 aromatic rings. The van der Waals surface area contributed by atoms with E-state index in [0.29, 0.717) is 5.56 Å². The van der Waals surface area contributed by atoms with E-state index in [0.717, 1.165) is 18.2 Å². The second kappa shape index (κ2) is 9.60. The number of esters is 2. The monoisotopic (exact) mass is 463 g/mol. The number of carbonyl (C=O) groups is 2. The highest BCUT2D eigenvalue weighted by Crippen LogP contribution is 2.30. The molecule has 0 amide bonds. The Bertz CT molecular complexity index is 1020. The predicted octanol–water partition coefficient (Wildman–Crippen LogP) is -0.352. The third kappa shape index (κ3) is 4.84. The van der Waals surface area contributed by atoms with E-state index in [4.69, 9.17) is 9.47 Å². The predicted molar refractivity (Wildman–Crippen MR) is 108 cm³/mol. The normalized spacial score (nSPS) is 26.9. The number of hydrogen-bond donors (Lipinski definition) is 4. The maximum atomic E-state index is 12.4. The molecule has 12 heteroatoms. The van der Waals surface area contributed by atoms with Crippen molar-refractivity contribution in [2.75, 3.05) is 7.11 Å². The van der Waals surface area contributed by atoms with E-state index in [9.17, 15) is 40.1 Å². The molecule has 5 atom stereocenters. The van der Waals surface area contributed by atoms with Gasteiger partial charge in [-0.25, -0.2) is 9.59 Å². The van der Waals surface area contributed by atoms with Crippen LogP contribution in [0.25, 0.3) is 11.1 Å². The summed E-state index contributed by atoms with van der Waals surface area (Å²) in [6.07, 6.45) is -8.29. The molecule has 1 aliphatic rings. The number of aliphatic hydroxyl groups excluding tert-OH is 3. The summed E-state index contributed by atoms with van der Waals surface area (Å²) < 4.78 is 14.3. The quantitative estimate of drug-likeness (QED) is 0.249. The Morgan fingerprint density at radius 3 is 2.09 bits per heavy atom. The molecule has 0 aromatic heterocycles. The lowest BCUT2D eigenvalue weighted by Crippen LogP contribution is -2.69. The molecule has 0 bridgehead atoms. The van der Waals surface area contributed by atoms with E-state index in [1.165, 1.54) is 12.1 Å². The Morgan fingerprint density at radius 2 is 1.58 bits per heavy atom. The first-order valence-electron chi connectivity index (χ1n) is 9.61. The molecule has 4 N–H and O–H groups in total. The van der Waals surface area contributed by atoms with Gasteiger partial charge in [0.1, 0.15) is 24.9 Å². The van der Waals surface area contributed by atoms with Gasteiger partial charge in [-0.1, -0.05) is 24.3 Å². The maximum absolute atomic E-state index is 12.4. The number of ether oxygens (including phenoxy) is 3.